The zero-order chi connectivity index (χ0) is 21.3. The Morgan fingerprint density at radius 1 is 1.23 bits per heavy atom. The van der Waals surface area contributed by atoms with Gasteiger partial charge in [-0.3, -0.25) is 9.59 Å². The van der Waals surface area contributed by atoms with Gasteiger partial charge in [0.25, 0.3) is 0 Å². The Hall–Kier alpha value is -3.07. The minimum atomic E-state index is -0.454. The SMILES string of the molecule is CCOC(=O)c1c(NC(=O)Cc2ccc3c(c2)OCO3)sc2c1CCN(C(C)=O)C2. The molecule has 4 rings (SSSR count). The molecule has 0 bridgehead atoms. The smallest absolute Gasteiger partial charge is 0.341 e. The fraction of sp³-hybridized carbons (Fsp3) is 0.381. The minimum Gasteiger partial charge on any atom is -0.462 e. The molecule has 0 atom stereocenters. The van der Waals surface area contributed by atoms with Crippen LogP contribution >= 0.6 is 11.3 Å². The van der Waals surface area contributed by atoms with Crippen LogP contribution in [0.4, 0.5) is 5.00 Å². The van der Waals surface area contributed by atoms with Gasteiger partial charge in [0.2, 0.25) is 18.6 Å². The van der Waals surface area contributed by atoms with Gasteiger partial charge in [-0.2, -0.15) is 0 Å². The average molecular weight is 430 g/mol. The van der Waals surface area contributed by atoms with E-state index in [0.717, 1.165) is 16.0 Å². The van der Waals surface area contributed by atoms with E-state index in [1.807, 2.05) is 6.07 Å². The maximum Gasteiger partial charge on any atom is 0.341 e. The van der Waals surface area contributed by atoms with Crippen molar-refractivity contribution in [1.82, 2.24) is 4.90 Å². The van der Waals surface area contributed by atoms with E-state index in [2.05, 4.69) is 5.32 Å². The maximum absolute atomic E-state index is 12.7. The summed E-state index contributed by atoms with van der Waals surface area (Å²) in [4.78, 5) is 39.7. The first-order valence-corrected chi connectivity index (χ1v) is 10.5. The molecule has 0 radical (unpaired) electrons. The number of esters is 1. The number of amides is 2. The minimum absolute atomic E-state index is 0.0138. The summed E-state index contributed by atoms with van der Waals surface area (Å²) < 4.78 is 15.9. The second-order valence-electron chi connectivity index (χ2n) is 7.03. The lowest BCUT2D eigenvalue weighted by Crippen LogP contribution is -2.34. The summed E-state index contributed by atoms with van der Waals surface area (Å²) in [5.74, 6) is 0.555. The van der Waals surface area contributed by atoms with Crippen LogP contribution in [0.2, 0.25) is 0 Å². The van der Waals surface area contributed by atoms with E-state index in [1.165, 1.54) is 18.3 Å². The molecule has 0 spiro atoms. The van der Waals surface area contributed by atoms with Gasteiger partial charge in [-0.05, 0) is 36.6 Å². The van der Waals surface area contributed by atoms with Gasteiger partial charge < -0.3 is 24.4 Å². The monoisotopic (exact) mass is 430 g/mol. The zero-order valence-corrected chi connectivity index (χ0v) is 17.6. The number of thiophene rings is 1. The van der Waals surface area contributed by atoms with E-state index in [1.54, 1.807) is 24.0 Å². The molecule has 0 fully saturated rings. The van der Waals surface area contributed by atoms with Gasteiger partial charge in [0.15, 0.2) is 11.5 Å². The molecule has 1 aromatic heterocycles. The molecule has 1 N–H and O–H groups in total. The van der Waals surface area contributed by atoms with Crippen molar-refractivity contribution in [3.63, 3.8) is 0 Å². The predicted octanol–water partition coefficient (Wildman–Crippen LogP) is 2.74. The van der Waals surface area contributed by atoms with Crippen LogP contribution in [0.3, 0.4) is 0 Å². The van der Waals surface area contributed by atoms with Crippen molar-refractivity contribution in [1.29, 1.82) is 0 Å². The van der Waals surface area contributed by atoms with Crippen molar-refractivity contribution in [2.24, 2.45) is 0 Å². The highest BCUT2D eigenvalue weighted by molar-refractivity contribution is 7.17. The molecule has 0 saturated carbocycles. The Bertz CT molecular complexity index is 1020. The Morgan fingerprint density at radius 3 is 2.80 bits per heavy atom. The summed E-state index contributed by atoms with van der Waals surface area (Å²) in [6.45, 7) is 4.65. The summed E-state index contributed by atoms with van der Waals surface area (Å²) in [6, 6.07) is 5.36. The Morgan fingerprint density at radius 2 is 2.03 bits per heavy atom. The molecule has 30 heavy (non-hydrogen) atoms. The molecule has 2 aromatic rings. The highest BCUT2D eigenvalue weighted by Gasteiger charge is 2.30. The van der Waals surface area contributed by atoms with Crippen LogP contribution in [0.5, 0.6) is 11.5 Å². The van der Waals surface area contributed by atoms with E-state index in [0.29, 0.717) is 41.6 Å². The first-order valence-electron chi connectivity index (χ1n) is 9.71. The van der Waals surface area contributed by atoms with E-state index >= 15 is 0 Å². The van der Waals surface area contributed by atoms with Crippen LogP contribution < -0.4 is 14.8 Å². The zero-order valence-electron chi connectivity index (χ0n) is 16.8. The number of benzene rings is 1. The number of ether oxygens (including phenoxy) is 3. The third kappa shape index (κ3) is 3.97. The Balaban J connectivity index is 1.56. The number of nitrogens with one attached hydrogen (secondary N) is 1. The number of anilines is 1. The fourth-order valence-electron chi connectivity index (χ4n) is 3.59. The molecule has 1 aromatic carbocycles. The van der Waals surface area contributed by atoms with Crippen LogP contribution in [-0.4, -0.2) is 42.6 Å². The lowest BCUT2D eigenvalue weighted by Gasteiger charge is -2.25. The van der Waals surface area contributed by atoms with Crippen LogP contribution in [0.15, 0.2) is 18.2 Å². The van der Waals surface area contributed by atoms with Gasteiger partial charge in [-0.25, -0.2) is 4.79 Å². The molecule has 2 aliphatic rings. The van der Waals surface area contributed by atoms with Crippen molar-refractivity contribution in [3.8, 4) is 11.5 Å². The first kappa shape index (κ1) is 20.2. The molecular weight excluding hydrogens is 408 g/mol. The third-order valence-electron chi connectivity index (χ3n) is 5.04. The molecule has 2 amide bonds. The summed E-state index contributed by atoms with van der Waals surface area (Å²) >= 11 is 1.32. The average Bonchev–Trinajstić information content (AvgIpc) is 3.30. The third-order valence-corrected chi connectivity index (χ3v) is 6.17. The molecular formula is C21H22N2O6S. The van der Waals surface area contributed by atoms with Gasteiger partial charge in [0.05, 0.1) is 25.1 Å². The maximum atomic E-state index is 12.7. The van der Waals surface area contributed by atoms with Crippen LogP contribution in [0.1, 0.15) is 40.2 Å². The highest BCUT2D eigenvalue weighted by atomic mass is 32.1. The van der Waals surface area contributed by atoms with Crippen molar-refractivity contribution in [2.45, 2.75) is 33.2 Å². The predicted molar refractivity (Wildman–Crippen MR) is 110 cm³/mol. The topological polar surface area (TPSA) is 94.2 Å². The van der Waals surface area contributed by atoms with Crippen molar-refractivity contribution in [2.75, 3.05) is 25.3 Å². The molecule has 0 aliphatic carbocycles. The van der Waals surface area contributed by atoms with E-state index in [-0.39, 0.29) is 31.6 Å². The number of rotatable bonds is 5. The first-order chi connectivity index (χ1) is 14.5. The number of nitrogens with zero attached hydrogens (tertiary/aromatic N) is 1. The van der Waals surface area contributed by atoms with Crippen molar-refractivity contribution >= 4 is 34.1 Å². The van der Waals surface area contributed by atoms with Crippen LogP contribution in [0, 0.1) is 0 Å². The van der Waals surface area contributed by atoms with Crippen molar-refractivity contribution < 1.29 is 28.6 Å². The summed E-state index contributed by atoms with van der Waals surface area (Å²) in [7, 11) is 0. The second-order valence-corrected chi connectivity index (χ2v) is 8.14. The lowest BCUT2D eigenvalue weighted by molar-refractivity contribution is -0.129. The standard InChI is InChI=1S/C21H22N2O6S/c1-3-27-21(26)19-14-6-7-23(12(2)24)10-17(14)30-20(19)22-18(25)9-13-4-5-15-16(8-13)29-11-28-15/h4-5,8H,3,6-7,9-11H2,1-2H3,(H,22,25). The number of fused-ring (bicyclic) bond motifs is 2. The molecule has 0 unspecified atom stereocenters. The number of carbonyl (C=O) groups is 3. The van der Waals surface area contributed by atoms with Crippen molar-refractivity contribution in [3.05, 3.63) is 39.8 Å². The largest absolute Gasteiger partial charge is 0.462 e. The molecule has 0 saturated heterocycles. The fourth-order valence-corrected chi connectivity index (χ4v) is 4.85. The molecule has 3 heterocycles. The van der Waals surface area contributed by atoms with Gasteiger partial charge >= 0.3 is 5.97 Å². The van der Waals surface area contributed by atoms with E-state index in [4.69, 9.17) is 14.2 Å². The van der Waals surface area contributed by atoms with E-state index in [9.17, 15) is 14.4 Å². The van der Waals surface area contributed by atoms with E-state index < -0.39 is 5.97 Å². The summed E-state index contributed by atoms with van der Waals surface area (Å²) in [5.41, 5.74) is 2.03. The van der Waals surface area contributed by atoms with Crippen LogP contribution in [0.25, 0.3) is 0 Å². The normalized spacial score (nSPS) is 14.3. The highest BCUT2D eigenvalue weighted by Crippen LogP contribution is 2.38. The Kier molecular flexibility index (Phi) is 5.63. The summed E-state index contributed by atoms with van der Waals surface area (Å²) in [5, 5.41) is 3.34. The Labute approximate surface area is 177 Å². The van der Waals surface area contributed by atoms with Gasteiger partial charge in [0.1, 0.15) is 5.00 Å². The van der Waals surface area contributed by atoms with Crippen LogP contribution in [-0.2, 0) is 33.7 Å². The number of hydrogen-bond acceptors (Lipinski definition) is 7. The number of hydrogen-bond donors (Lipinski definition) is 1. The second kappa shape index (κ2) is 8.35. The molecule has 9 heteroatoms. The van der Waals surface area contributed by atoms with Gasteiger partial charge in [-0.1, -0.05) is 6.07 Å². The summed E-state index contributed by atoms with van der Waals surface area (Å²) in [6.07, 6.45) is 0.679. The quantitative estimate of drug-likeness (QED) is 0.733. The van der Waals surface area contributed by atoms with Gasteiger partial charge in [0, 0.05) is 18.3 Å². The molecule has 2 aliphatic heterocycles. The molecule has 8 nitrogen and oxygen atoms in total. The number of carbonyl (C=O) groups excluding carboxylic acids is 3. The molecule has 158 valence electrons. The van der Waals surface area contributed by atoms with Gasteiger partial charge in [-0.15, -0.1) is 11.3 Å². The lowest BCUT2D eigenvalue weighted by atomic mass is 10.0.